The number of halogens is 3. The van der Waals surface area contributed by atoms with E-state index in [0.29, 0.717) is 34.8 Å². The zero-order valence-corrected chi connectivity index (χ0v) is 18.2. The summed E-state index contributed by atoms with van der Waals surface area (Å²) in [6.45, 7) is 2.22. The number of carbonyl (C=O) groups excluding carboxylic acids is 2. The summed E-state index contributed by atoms with van der Waals surface area (Å²) < 4.78 is 47.9. The zero-order chi connectivity index (χ0) is 24.2. The lowest BCUT2D eigenvalue weighted by atomic mass is 10.1. The largest absolute Gasteiger partial charge is 0.466 e. The van der Waals surface area contributed by atoms with Crippen molar-refractivity contribution in [2.45, 2.75) is 19.9 Å². The van der Waals surface area contributed by atoms with Crippen LogP contribution in [0, 0.1) is 17.5 Å². The van der Waals surface area contributed by atoms with Gasteiger partial charge in [-0.25, -0.2) is 13.2 Å². The molecule has 174 valence electrons. The Morgan fingerprint density at radius 1 is 1.03 bits per heavy atom. The van der Waals surface area contributed by atoms with Crippen molar-refractivity contribution in [3.05, 3.63) is 89.4 Å². The van der Waals surface area contributed by atoms with Crippen molar-refractivity contribution in [3.63, 3.8) is 0 Å². The number of hydrogen-bond donors (Lipinski definition) is 0. The molecule has 1 heterocycles. The molecule has 0 bridgehead atoms. The van der Waals surface area contributed by atoms with Crippen LogP contribution in [0.2, 0.25) is 0 Å². The van der Waals surface area contributed by atoms with Gasteiger partial charge in [0.05, 0.1) is 36.5 Å². The van der Waals surface area contributed by atoms with Crippen LogP contribution < -0.4 is 4.90 Å². The van der Waals surface area contributed by atoms with Crippen molar-refractivity contribution in [3.8, 4) is 0 Å². The van der Waals surface area contributed by atoms with Crippen LogP contribution in [0.1, 0.15) is 18.2 Å². The average molecular weight is 467 g/mol. The lowest BCUT2D eigenvalue weighted by Gasteiger charge is -2.18. The Morgan fingerprint density at radius 2 is 1.74 bits per heavy atom. The first-order valence-electron chi connectivity index (χ1n) is 10.5. The molecular weight excluding hydrogens is 447 g/mol. The van der Waals surface area contributed by atoms with Crippen LogP contribution in [0.3, 0.4) is 0 Å². The van der Waals surface area contributed by atoms with E-state index in [1.807, 2.05) is 0 Å². The normalized spacial score (nSPS) is 10.9. The molecule has 0 radical (unpaired) electrons. The zero-order valence-electron chi connectivity index (χ0n) is 18.2. The number of ether oxygens (including phenoxy) is 1. The standard InChI is InChI=1S/C25H20F3N3O3/c1-2-34-25(33)13-22-20-9-5-18(27)12-24(20)31(29-22)14-16-3-7-19(8-4-16)30(15-32)23-10-6-17(26)11-21(23)28/h3-12,15H,2,13-14H2,1H3. The molecule has 0 aliphatic carbocycles. The maximum Gasteiger partial charge on any atom is 0.311 e. The van der Waals surface area contributed by atoms with Crippen molar-refractivity contribution >= 4 is 34.7 Å². The molecule has 34 heavy (non-hydrogen) atoms. The maximum absolute atomic E-state index is 14.1. The predicted molar refractivity (Wildman–Crippen MR) is 120 cm³/mol. The summed E-state index contributed by atoms with van der Waals surface area (Å²) in [7, 11) is 0. The maximum atomic E-state index is 14.1. The van der Waals surface area contributed by atoms with Crippen LogP contribution in [0.5, 0.6) is 0 Å². The highest BCUT2D eigenvalue weighted by molar-refractivity contribution is 5.87. The SMILES string of the molecule is CCOC(=O)Cc1nn(Cc2ccc(N(C=O)c3ccc(F)cc3F)cc2)c2cc(F)ccc12. The second-order valence-corrected chi connectivity index (χ2v) is 7.49. The Hall–Kier alpha value is -4.14. The van der Waals surface area contributed by atoms with Crippen LogP contribution in [-0.2, 0) is 27.3 Å². The lowest BCUT2D eigenvalue weighted by molar-refractivity contribution is -0.142. The van der Waals surface area contributed by atoms with Gasteiger partial charge < -0.3 is 4.74 Å². The fourth-order valence-corrected chi connectivity index (χ4v) is 3.68. The number of benzene rings is 3. The molecule has 1 amide bonds. The van der Waals surface area contributed by atoms with Gasteiger partial charge in [-0.15, -0.1) is 0 Å². The van der Waals surface area contributed by atoms with Gasteiger partial charge in [0.2, 0.25) is 6.41 Å². The molecule has 0 saturated heterocycles. The molecule has 0 saturated carbocycles. The van der Waals surface area contributed by atoms with Crippen LogP contribution in [0.15, 0.2) is 60.7 Å². The summed E-state index contributed by atoms with van der Waals surface area (Å²) in [5.74, 6) is -2.47. The van der Waals surface area contributed by atoms with E-state index in [1.54, 1.807) is 41.9 Å². The molecule has 1 aromatic heterocycles. The molecule has 0 unspecified atom stereocenters. The first-order chi connectivity index (χ1) is 16.4. The van der Waals surface area contributed by atoms with Gasteiger partial charge in [0.15, 0.2) is 0 Å². The van der Waals surface area contributed by atoms with Crippen LogP contribution >= 0.6 is 0 Å². The number of carbonyl (C=O) groups is 2. The van der Waals surface area contributed by atoms with Gasteiger partial charge in [0.25, 0.3) is 0 Å². The number of rotatable bonds is 8. The first-order valence-corrected chi connectivity index (χ1v) is 10.5. The Kier molecular flexibility index (Phi) is 6.62. The predicted octanol–water partition coefficient (Wildman–Crippen LogP) is 4.90. The molecule has 0 aliphatic heterocycles. The molecule has 6 nitrogen and oxygen atoms in total. The molecule has 3 aromatic carbocycles. The van der Waals surface area contributed by atoms with Gasteiger partial charge in [0.1, 0.15) is 17.5 Å². The van der Waals surface area contributed by atoms with E-state index in [1.165, 1.54) is 18.2 Å². The molecule has 0 spiro atoms. The molecule has 0 aliphatic rings. The lowest BCUT2D eigenvalue weighted by Crippen LogP contribution is -2.15. The number of amides is 1. The van der Waals surface area contributed by atoms with E-state index in [-0.39, 0.29) is 25.3 Å². The smallest absolute Gasteiger partial charge is 0.311 e. The minimum atomic E-state index is -0.865. The van der Waals surface area contributed by atoms with E-state index >= 15 is 0 Å². The van der Waals surface area contributed by atoms with Gasteiger partial charge in [0, 0.05) is 17.1 Å². The summed E-state index contributed by atoms with van der Waals surface area (Å²) in [6, 6.07) is 13.8. The molecule has 4 rings (SSSR count). The van der Waals surface area contributed by atoms with E-state index in [2.05, 4.69) is 5.10 Å². The molecule has 0 atom stereocenters. The molecule has 9 heteroatoms. The van der Waals surface area contributed by atoms with Gasteiger partial charge >= 0.3 is 5.97 Å². The van der Waals surface area contributed by atoms with Crippen molar-refractivity contribution in [2.75, 3.05) is 11.5 Å². The summed E-state index contributed by atoms with van der Waals surface area (Å²) >= 11 is 0. The highest BCUT2D eigenvalue weighted by Gasteiger charge is 2.17. The van der Waals surface area contributed by atoms with Gasteiger partial charge in [-0.2, -0.15) is 5.10 Å². The van der Waals surface area contributed by atoms with Crippen molar-refractivity contribution in [1.29, 1.82) is 0 Å². The van der Waals surface area contributed by atoms with Crippen molar-refractivity contribution in [2.24, 2.45) is 0 Å². The Labute approximate surface area is 193 Å². The fraction of sp³-hybridized carbons (Fsp3) is 0.160. The summed E-state index contributed by atoms with van der Waals surface area (Å²) in [4.78, 5) is 24.6. The van der Waals surface area contributed by atoms with E-state index in [0.717, 1.165) is 16.5 Å². The van der Waals surface area contributed by atoms with Gasteiger partial charge in [-0.3, -0.25) is 19.2 Å². The summed E-state index contributed by atoms with van der Waals surface area (Å²) in [5, 5.41) is 5.13. The number of nitrogens with zero attached hydrogens (tertiary/aromatic N) is 3. The second kappa shape index (κ2) is 9.78. The van der Waals surface area contributed by atoms with Crippen LogP contribution in [-0.4, -0.2) is 28.8 Å². The number of hydrogen-bond acceptors (Lipinski definition) is 4. The van der Waals surface area contributed by atoms with Gasteiger partial charge in [-0.05, 0) is 55.0 Å². The number of esters is 1. The average Bonchev–Trinajstić information content (AvgIpc) is 3.12. The van der Waals surface area contributed by atoms with Crippen molar-refractivity contribution < 1.29 is 27.5 Å². The van der Waals surface area contributed by atoms with E-state index in [9.17, 15) is 22.8 Å². The minimum Gasteiger partial charge on any atom is -0.466 e. The van der Waals surface area contributed by atoms with Gasteiger partial charge in [-0.1, -0.05) is 12.1 Å². The van der Waals surface area contributed by atoms with E-state index < -0.39 is 23.4 Å². The molecule has 0 fully saturated rings. The Bertz CT molecular complexity index is 1350. The topological polar surface area (TPSA) is 64.4 Å². The third-order valence-electron chi connectivity index (χ3n) is 5.23. The number of anilines is 2. The third-order valence-corrected chi connectivity index (χ3v) is 5.23. The Morgan fingerprint density at radius 3 is 2.41 bits per heavy atom. The number of fused-ring (bicyclic) bond motifs is 1. The first kappa shape index (κ1) is 23.0. The fourth-order valence-electron chi connectivity index (χ4n) is 3.68. The third kappa shape index (κ3) is 4.78. The minimum absolute atomic E-state index is 0.0422. The van der Waals surface area contributed by atoms with Crippen molar-refractivity contribution in [1.82, 2.24) is 9.78 Å². The summed E-state index contributed by atoms with van der Waals surface area (Å²) in [6.07, 6.45) is 0.399. The molecule has 4 aromatic rings. The number of aromatic nitrogens is 2. The second-order valence-electron chi connectivity index (χ2n) is 7.49. The summed E-state index contributed by atoms with van der Waals surface area (Å²) in [5.41, 5.74) is 2.06. The highest BCUT2D eigenvalue weighted by atomic mass is 19.1. The van der Waals surface area contributed by atoms with E-state index in [4.69, 9.17) is 4.74 Å². The van der Waals surface area contributed by atoms with Crippen LogP contribution in [0.4, 0.5) is 24.5 Å². The van der Waals surface area contributed by atoms with Crippen LogP contribution in [0.25, 0.3) is 10.9 Å². The molecule has 0 N–H and O–H groups in total. The monoisotopic (exact) mass is 467 g/mol. The Balaban J connectivity index is 1.62. The quantitative estimate of drug-likeness (QED) is 0.273. The highest BCUT2D eigenvalue weighted by Crippen LogP contribution is 2.28. The molecular formula is C25H20F3N3O3.